The maximum Gasteiger partial charge on any atom is 0.242 e. The Morgan fingerprint density at radius 2 is 1.93 bits per heavy atom. The molecule has 0 atom stereocenters. The summed E-state index contributed by atoms with van der Waals surface area (Å²) in [4.78, 5) is 16.9. The molecule has 0 bridgehead atoms. The number of primary amides is 1. The lowest BCUT2D eigenvalue weighted by atomic mass is 9.89. The number of hydrogen-bond acceptors (Lipinski definition) is 9. The normalized spacial score (nSPS) is 15.5. The molecule has 3 rings (SSSR count). The van der Waals surface area contributed by atoms with Crippen LogP contribution in [0.3, 0.4) is 0 Å². The van der Waals surface area contributed by atoms with E-state index in [-0.39, 0.29) is 0 Å². The zero-order chi connectivity index (χ0) is 22.1. The summed E-state index contributed by atoms with van der Waals surface area (Å²) in [5, 5.41) is 16.6. The van der Waals surface area contributed by atoms with Crippen LogP contribution in [0.2, 0.25) is 0 Å². The van der Waals surface area contributed by atoms with Crippen molar-refractivity contribution >= 4 is 28.1 Å². The number of aromatic nitrogens is 1. The number of anilines is 2. The van der Waals surface area contributed by atoms with Gasteiger partial charge in [0.25, 0.3) is 0 Å². The summed E-state index contributed by atoms with van der Waals surface area (Å²) in [5.41, 5.74) is 11.9. The lowest BCUT2D eigenvalue weighted by Gasteiger charge is -2.43. The monoisotopic (exact) mass is 436 g/mol. The second-order valence-electron chi connectivity index (χ2n) is 6.95. The summed E-state index contributed by atoms with van der Waals surface area (Å²) in [7, 11) is 1.71. The second-order valence-corrected chi connectivity index (χ2v) is 7.98. The minimum absolute atomic E-state index is 0.420. The predicted octanol–water partition coefficient (Wildman–Crippen LogP) is 2.40. The minimum Gasteiger partial charge on any atom is -0.399 e. The molecule has 0 spiro atoms. The third-order valence-corrected chi connectivity index (χ3v) is 5.98. The molecule has 1 saturated heterocycles. The molecule has 2 aromatic rings. The third kappa shape index (κ3) is 5.89. The number of carbonyl (C=O) groups excluding carboxylic acids is 1. The Kier molecular flexibility index (Phi) is 9.00. The molecule has 0 radical (unpaired) electrons. The van der Waals surface area contributed by atoms with E-state index in [0.29, 0.717) is 32.6 Å². The summed E-state index contributed by atoms with van der Waals surface area (Å²) in [6, 6.07) is 7.83. The van der Waals surface area contributed by atoms with Crippen LogP contribution in [0.25, 0.3) is 10.4 Å². The third-order valence-electron chi connectivity index (χ3n) is 4.97. The van der Waals surface area contributed by atoms with Gasteiger partial charge < -0.3 is 21.5 Å². The number of ether oxygens (including phenoxy) is 1. The van der Waals surface area contributed by atoms with Crippen molar-refractivity contribution in [1.82, 2.24) is 15.2 Å². The van der Waals surface area contributed by atoms with Crippen LogP contribution >= 0.6 is 11.3 Å². The van der Waals surface area contributed by atoms with Gasteiger partial charge in [-0.25, -0.2) is 9.99 Å². The van der Waals surface area contributed by atoms with Gasteiger partial charge >= 0.3 is 0 Å². The van der Waals surface area contributed by atoms with Crippen LogP contribution in [0.4, 0.5) is 10.8 Å². The Bertz CT molecular complexity index is 792. The van der Waals surface area contributed by atoms with Crippen molar-refractivity contribution in [3.05, 3.63) is 30.5 Å². The van der Waals surface area contributed by atoms with Crippen LogP contribution in [-0.2, 0) is 9.53 Å². The molecule has 0 unspecified atom stereocenters. The van der Waals surface area contributed by atoms with Crippen molar-refractivity contribution in [3.63, 3.8) is 0 Å². The summed E-state index contributed by atoms with van der Waals surface area (Å²) >= 11 is 1.65. The number of benzene rings is 1. The van der Waals surface area contributed by atoms with E-state index in [2.05, 4.69) is 17.2 Å². The highest BCUT2D eigenvalue weighted by molar-refractivity contribution is 7.18. The first kappa shape index (κ1) is 24.0. The molecular formula is C20H32N6O3S. The first-order valence-electron chi connectivity index (χ1n) is 9.97. The number of thiazole rings is 1. The number of amides is 1. The molecule has 1 amide bonds. The van der Waals surface area contributed by atoms with Crippen LogP contribution in [0.5, 0.6) is 0 Å². The molecule has 166 valence electrons. The molecule has 30 heavy (non-hydrogen) atoms. The van der Waals surface area contributed by atoms with E-state index in [1.54, 1.807) is 23.4 Å². The fraction of sp³-hybridized carbons (Fsp3) is 0.500. The number of hydroxylamine groups is 1. The van der Waals surface area contributed by atoms with Crippen molar-refractivity contribution in [3.8, 4) is 10.4 Å². The highest BCUT2D eigenvalue weighted by Crippen LogP contribution is 2.29. The van der Waals surface area contributed by atoms with E-state index in [9.17, 15) is 10.0 Å². The smallest absolute Gasteiger partial charge is 0.242 e. The van der Waals surface area contributed by atoms with E-state index in [4.69, 9.17) is 16.2 Å². The number of rotatable bonds is 7. The van der Waals surface area contributed by atoms with E-state index in [0.717, 1.165) is 33.0 Å². The lowest BCUT2D eigenvalue weighted by Crippen LogP contribution is -2.63. The van der Waals surface area contributed by atoms with Crippen LogP contribution < -0.4 is 16.8 Å². The van der Waals surface area contributed by atoms with E-state index in [1.807, 2.05) is 37.4 Å². The number of carbonyl (C=O) groups is 1. The van der Waals surface area contributed by atoms with Gasteiger partial charge in [0.2, 0.25) is 5.91 Å². The molecule has 1 aliphatic rings. The van der Waals surface area contributed by atoms with E-state index in [1.165, 1.54) is 0 Å². The standard InChI is InChI=1S/C11H13N3S.C9H19N3O3/c1-2-13-11-14-7-10(15-11)8-3-5-9(12)6-4-8;1-3-11(2)12(14)9(8(10)13)4-6-15-7-5-9/h3-7H,2,12H2,1H3,(H,13,14);14H,3-7H2,1-2H3,(H2,10,13). The quantitative estimate of drug-likeness (QED) is 0.384. The summed E-state index contributed by atoms with van der Waals surface area (Å²) in [5.74, 6) is -0.506. The Balaban J connectivity index is 0.000000214. The fourth-order valence-electron chi connectivity index (χ4n) is 3.00. The fourth-order valence-corrected chi connectivity index (χ4v) is 3.89. The maximum absolute atomic E-state index is 11.5. The van der Waals surface area contributed by atoms with E-state index < -0.39 is 11.4 Å². The Morgan fingerprint density at radius 1 is 1.30 bits per heavy atom. The first-order chi connectivity index (χ1) is 14.3. The molecule has 1 aliphatic heterocycles. The van der Waals surface area contributed by atoms with Gasteiger partial charge in [0.1, 0.15) is 5.54 Å². The topological polar surface area (TPSA) is 130 Å². The number of nitrogen functional groups attached to an aromatic ring is 1. The minimum atomic E-state index is -1.01. The predicted molar refractivity (Wildman–Crippen MR) is 120 cm³/mol. The van der Waals surface area contributed by atoms with Crippen molar-refractivity contribution in [2.24, 2.45) is 5.73 Å². The Hall–Kier alpha value is -2.24. The Morgan fingerprint density at radius 3 is 2.47 bits per heavy atom. The number of nitrogens with zero attached hydrogens (tertiary/aromatic N) is 3. The molecule has 0 saturated carbocycles. The summed E-state index contributed by atoms with van der Waals surface area (Å²) < 4.78 is 5.17. The number of hydrazine groups is 1. The maximum atomic E-state index is 11.5. The average Bonchev–Trinajstić information content (AvgIpc) is 3.23. The van der Waals surface area contributed by atoms with Crippen LogP contribution in [-0.4, -0.2) is 65.2 Å². The second kappa shape index (κ2) is 11.2. The molecule has 2 heterocycles. The van der Waals surface area contributed by atoms with Gasteiger partial charge in [-0.05, 0) is 24.6 Å². The molecule has 10 heteroatoms. The zero-order valence-corrected chi connectivity index (χ0v) is 18.6. The van der Waals surface area contributed by atoms with Gasteiger partial charge in [0.15, 0.2) is 5.13 Å². The average molecular weight is 437 g/mol. The Labute approximate surface area is 181 Å². The van der Waals surface area contributed by atoms with Crippen LogP contribution in [0.1, 0.15) is 26.7 Å². The van der Waals surface area contributed by atoms with Gasteiger partial charge in [0.05, 0.1) is 4.88 Å². The van der Waals surface area contributed by atoms with Crippen molar-refractivity contribution in [1.29, 1.82) is 0 Å². The van der Waals surface area contributed by atoms with Crippen LogP contribution in [0.15, 0.2) is 30.5 Å². The summed E-state index contributed by atoms with van der Waals surface area (Å²) in [6.45, 7) is 6.33. The zero-order valence-electron chi connectivity index (χ0n) is 17.8. The SMILES string of the molecule is CCN(C)N(O)C1(C(N)=O)CCOCC1.CCNc1ncc(-c2ccc(N)cc2)s1. The van der Waals surface area contributed by atoms with Gasteiger partial charge in [-0.2, -0.15) is 0 Å². The van der Waals surface area contributed by atoms with Gasteiger partial charge in [-0.15, -0.1) is 5.17 Å². The molecule has 1 aromatic heterocycles. The number of nitrogens with one attached hydrogen (secondary N) is 1. The molecule has 9 nitrogen and oxygen atoms in total. The van der Waals surface area contributed by atoms with E-state index >= 15 is 0 Å². The number of nitrogens with two attached hydrogens (primary N) is 2. The van der Waals surface area contributed by atoms with Gasteiger partial charge in [0, 0.05) is 58.1 Å². The highest BCUT2D eigenvalue weighted by atomic mass is 32.1. The van der Waals surface area contributed by atoms with Crippen molar-refractivity contribution < 1.29 is 14.7 Å². The van der Waals surface area contributed by atoms with Crippen molar-refractivity contribution in [2.45, 2.75) is 32.2 Å². The molecule has 1 fully saturated rings. The van der Waals surface area contributed by atoms with Gasteiger partial charge in [-0.1, -0.05) is 30.4 Å². The number of hydrogen-bond donors (Lipinski definition) is 4. The molecule has 0 aliphatic carbocycles. The van der Waals surface area contributed by atoms with Crippen LogP contribution in [0, 0.1) is 0 Å². The molecule has 6 N–H and O–H groups in total. The van der Waals surface area contributed by atoms with Gasteiger partial charge in [-0.3, -0.25) is 10.0 Å². The molecule has 1 aromatic carbocycles. The lowest BCUT2D eigenvalue weighted by molar-refractivity contribution is -0.298. The summed E-state index contributed by atoms with van der Waals surface area (Å²) in [6.07, 6.45) is 2.72. The highest BCUT2D eigenvalue weighted by Gasteiger charge is 2.45. The van der Waals surface area contributed by atoms with Crippen molar-refractivity contribution in [2.75, 3.05) is 44.4 Å². The largest absolute Gasteiger partial charge is 0.399 e. The first-order valence-corrected chi connectivity index (χ1v) is 10.8. The molecular weight excluding hydrogens is 404 g/mol.